The van der Waals surface area contributed by atoms with Crippen LogP contribution in [0.5, 0.6) is 0 Å². The third-order valence-electron chi connectivity index (χ3n) is 6.16. The van der Waals surface area contributed by atoms with Crippen molar-refractivity contribution < 1.29 is 21.3 Å². The second-order valence-corrected chi connectivity index (χ2v) is 12.6. The normalized spacial score (nSPS) is 11.9. The predicted octanol–water partition coefficient (Wildman–Crippen LogP) is 5.66. The highest BCUT2D eigenvalue weighted by molar-refractivity contribution is 8.10. The Balaban J connectivity index is 1.76. The number of anilines is 1. The largest absolute Gasteiger partial charge is 0.422 e. The van der Waals surface area contributed by atoms with E-state index in [-0.39, 0.29) is 26.6 Å². The van der Waals surface area contributed by atoms with Gasteiger partial charge in [-0.1, -0.05) is 60.2 Å². The van der Waals surface area contributed by atoms with Crippen LogP contribution in [0.3, 0.4) is 0 Å². The first-order chi connectivity index (χ1) is 18.1. The van der Waals surface area contributed by atoms with Gasteiger partial charge in [-0.2, -0.15) is 3.71 Å². The van der Waals surface area contributed by atoms with Crippen molar-refractivity contribution in [1.82, 2.24) is 0 Å². The van der Waals surface area contributed by atoms with Crippen molar-refractivity contribution in [3.05, 3.63) is 125 Å². The number of aryl methyl sites for hydroxylation is 2. The number of nitrogens with zero attached hydrogens (tertiary/aromatic N) is 1. The summed E-state index contributed by atoms with van der Waals surface area (Å²) in [4.78, 5) is 12.4. The average molecular weight is 546 g/mol. The Hall–Kier alpha value is -4.21. The molecule has 4 aromatic carbocycles. The Morgan fingerprint density at radius 1 is 0.632 bits per heavy atom. The molecule has 0 unspecified atom stereocenters. The Bertz CT molecular complexity index is 1930. The molecule has 9 heteroatoms. The third kappa shape index (κ3) is 4.51. The third-order valence-corrected chi connectivity index (χ3v) is 10.4. The van der Waals surface area contributed by atoms with Crippen molar-refractivity contribution in [1.29, 1.82) is 0 Å². The van der Waals surface area contributed by atoms with Gasteiger partial charge in [0.05, 0.1) is 21.0 Å². The molecule has 0 saturated carbocycles. The molecule has 1 aromatic heterocycles. The smallest absolute Gasteiger partial charge is 0.344 e. The Kier molecular flexibility index (Phi) is 6.42. The van der Waals surface area contributed by atoms with Crippen molar-refractivity contribution in [3.63, 3.8) is 0 Å². The Morgan fingerprint density at radius 2 is 1.24 bits per heavy atom. The predicted molar refractivity (Wildman–Crippen MR) is 147 cm³/mol. The van der Waals surface area contributed by atoms with Crippen LogP contribution in [-0.2, 0) is 20.0 Å². The summed E-state index contributed by atoms with van der Waals surface area (Å²) in [5.41, 5.74) is 2.14. The Labute approximate surface area is 220 Å². The first kappa shape index (κ1) is 25.4. The van der Waals surface area contributed by atoms with Gasteiger partial charge in [0, 0.05) is 5.39 Å². The van der Waals surface area contributed by atoms with Gasteiger partial charge >= 0.3 is 5.63 Å². The number of sulfonamides is 2. The van der Waals surface area contributed by atoms with E-state index in [4.69, 9.17) is 4.42 Å². The fourth-order valence-electron chi connectivity index (χ4n) is 4.19. The van der Waals surface area contributed by atoms with Crippen LogP contribution in [0.4, 0.5) is 5.69 Å². The minimum absolute atomic E-state index is 0.119. The van der Waals surface area contributed by atoms with E-state index >= 15 is 0 Å². The SMILES string of the molecule is Cc1ccc(S(=O)(=O)N(c2ccc3oc(=O)c(-c4ccccc4C)cc3c2)S(=O)(=O)c2ccccc2)cc1. The van der Waals surface area contributed by atoms with Gasteiger partial charge in [-0.15, -0.1) is 0 Å². The van der Waals surface area contributed by atoms with Gasteiger partial charge in [-0.3, -0.25) is 0 Å². The molecule has 0 saturated heterocycles. The summed E-state index contributed by atoms with van der Waals surface area (Å²) >= 11 is 0. The molecule has 1 heterocycles. The molecule has 0 aliphatic heterocycles. The molecule has 0 bridgehead atoms. The van der Waals surface area contributed by atoms with Gasteiger partial charge in [0.2, 0.25) is 0 Å². The standard InChI is InChI=1S/C29H23NO6S2/c1-20-12-15-25(16-13-20)38(34,35)30(37(32,33)24-9-4-3-5-10-24)23-14-17-28-22(18-23)19-27(29(31)36-28)26-11-7-6-8-21(26)2/h3-19H,1-2H3. The maximum absolute atomic E-state index is 13.9. The summed E-state index contributed by atoms with van der Waals surface area (Å²) in [5.74, 6) is 0. The highest BCUT2D eigenvalue weighted by atomic mass is 32.3. The fraction of sp³-hybridized carbons (Fsp3) is 0.0690. The molecule has 5 rings (SSSR count). The van der Waals surface area contributed by atoms with Crippen molar-refractivity contribution in [2.45, 2.75) is 23.6 Å². The van der Waals surface area contributed by atoms with Crippen molar-refractivity contribution in [2.75, 3.05) is 3.71 Å². The lowest BCUT2D eigenvalue weighted by Gasteiger charge is -2.24. The summed E-state index contributed by atoms with van der Waals surface area (Å²) < 4.78 is 61.3. The van der Waals surface area contributed by atoms with Gasteiger partial charge in [0.1, 0.15) is 5.58 Å². The van der Waals surface area contributed by atoms with Crippen molar-refractivity contribution in [3.8, 4) is 11.1 Å². The fourth-order valence-corrected chi connectivity index (χ4v) is 7.88. The van der Waals surface area contributed by atoms with Gasteiger partial charge in [0.25, 0.3) is 20.0 Å². The molecule has 7 nitrogen and oxygen atoms in total. The molecule has 0 amide bonds. The molecule has 0 aliphatic rings. The first-order valence-corrected chi connectivity index (χ1v) is 14.5. The highest BCUT2D eigenvalue weighted by Crippen LogP contribution is 2.34. The summed E-state index contributed by atoms with van der Waals surface area (Å²) in [6, 6.07) is 26.3. The zero-order chi connectivity index (χ0) is 27.1. The monoisotopic (exact) mass is 545 g/mol. The van der Waals surface area contributed by atoms with E-state index in [1.807, 2.05) is 19.1 Å². The van der Waals surface area contributed by atoms with Crippen LogP contribution < -0.4 is 9.34 Å². The second kappa shape index (κ2) is 9.59. The molecule has 0 fully saturated rings. The zero-order valence-electron chi connectivity index (χ0n) is 20.5. The van der Waals surface area contributed by atoms with Crippen molar-refractivity contribution >= 4 is 36.7 Å². The van der Waals surface area contributed by atoms with Gasteiger partial charge in [-0.05, 0) is 73.5 Å². The number of rotatable bonds is 6. The van der Waals surface area contributed by atoms with Crippen LogP contribution in [-0.4, -0.2) is 16.8 Å². The number of benzene rings is 4. The molecule has 0 N–H and O–H groups in total. The van der Waals surface area contributed by atoms with E-state index in [9.17, 15) is 21.6 Å². The van der Waals surface area contributed by atoms with E-state index in [1.165, 1.54) is 54.6 Å². The topological polar surface area (TPSA) is 102 Å². The average Bonchev–Trinajstić information content (AvgIpc) is 2.89. The minimum Gasteiger partial charge on any atom is -0.422 e. The minimum atomic E-state index is -4.57. The molecule has 38 heavy (non-hydrogen) atoms. The van der Waals surface area contributed by atoms with E-state index < -0.39 is 25.7 Å². The molecule has 5 aromatic rings. The summed E-state index contributed by atoms with van der Waals surface area (Å²) in [6.07, 6.45) is 0. The van der Waals surface area contributed by atoms with E-state index in [0.717, 1.165) is 11.1 Å². The second-order valence-electron chi connectivity index (χ2n) is 8.82. The van der Waals surface area contributed by atoms with Gasteiger partial charge < -0.3 is 4.42 Å². The van der Waals surface area contributed by atoms with Crippen LogP contribution in [0.2, 0.25) is 0 Å². The maximum Gasteiger partial charge on any atom is 0.344 e. The van der Waals surface area contributed by atoms with Crippen molar-refractivity contribution in [2.24, 2.45) is 0 Å². The van der Waals surface area contributed by atoms with Gasteiger partial charge in [-0.25, -0.2) is 21.6 Å². The number of hydrogen-bond donors (Lipinski definition) is 0. The number of hydrogen-bond acceptors (Lipinski definition) is 6. The van der Waals surface area contributed by atoms with E-state index in [2.05, 4.69) is 0 Å². The van der Waals surface area contributed by atoms with E-state index in [1.54, 1.807) is 43.3 Å². The first-order valence-electron chi connectivity index (χ1n) is 11.7. The number of fused-ring (bicyclic) bond motifs is 1. The molecule has 0 aliphatic carbocycles. The van der Waals surface area contributed by atoms with Crippen LogP contribution in [0.15, 0.2) is 122 Å². The summed E-state index contributed by atoms with van der Waals surface area (Å²) in [6.45, 7) is 3.66. The zero-order valence-corrected chi connectivity index (χ0v) is 22.2. The Morgan fingerprint density at radius 3 is 1.89 bits per heavy atom. The van der Waals surface area contributed by atoms with Gasteiger partial charge in [0.15, 0.2) is 0 Å². The molecular formula is C29H23NO6S2. The highest BCUT2D eigenvalue weighted by Gasteiger charge is 2.37. The molecular weight excluding hydrogens is 522 g/mol. The molecule has 0 spiro atoms. The maximum atomic E-state index is 13.9. The van der Waals surface area contributed by atoms with Crippen LogP contribution in [0.25, 0.3) is 22.1 Å². The quantitative estimate of drug-likeness (QED) is 0.255. The molecule has 0 radical (unpaired) electrons. The molecule has 192 valence electrons. The van der Waals surface area contributed by atoms with E-state index in [0.29, 0.717) is 14.7 Å². The lowest BCUT2D eigenvalue weighted by molar-refractivity contribution is 0.563. The summed E-state index contributed by atoms with van der Waals surface area (Å²) in [5, 5.41) is 0.368. The van der Waals surface area contributed by atoms with Crippen LogP contribution in [0.1, 0.15) is 11.1 Å². The van der Waals surface area contributed by atoms with Crippen LogP contribution in [0, 0.1) is 13.8 Å². The summed E-state index contributed by atoms with van der Waals surface area (Å²) in [7, 11) is -9.13. The van der Waals surface area contributed by atoms with Crippen LogP contribution >= 0.6 is 0 Å². The lowest BCUT2D eigenvalue weighted by Crippen LogP contribution is -2.37. The molecule has 0 atom stereocenters. The lowest BCUT2D eigenvalue weighted by atomic mass is 10.0.